The van der Waals surface area contributed by atoms with Gasteiger partial charge in [0, 0.05) is 18.9 Å². The molecule has 6 nitrogen and oxygen atoms in total. The molecule has 0 saturated heterocycles. The second-order valence-electron chi connectivity index (χ2n) is 4.08. The van der Waals surface area contributed by atoms with Gasteiger partial charge in [0.05, 0.1) is 17.6 Å². The standard InChI is InChI=1S/C14H15N3O3/c1-2-20-12-5-6-13(14(8-12)17(18)19)16-10-11-4-3-7-15-9-11/h3-9,16H,2,10H2,1H3. The molecule has 0 saturated carbocycles. The Morgan fingerprint density at radius 1 is 1.40 bits per heavy atom. The first-order chi connectivity index (χ1) is 9.70. The Hall–Kier alpha value is -2.63. The minimum absolute atomic E-state index is 0.000148. The fourth-order valence-corrected chi connectivity index (χ4v) is 1.77. The summed E-state index contributed by atoms with van der Waals surface area (Å²) in [6, 6.07) is 8.51. The zero-order valence-corrected chi connectivity index (χ0v) is 11.1. The van der Waals surface area contributed by atoms with Crippen molar-refractivity contribution in [1.29, 1.82) is 0 Å². The molecule has 0 aliphatic heterocycles. The van der Waals surface area contributed by atoms with Crippen LogP contribution < -0.4 is 10.1 Å². The van der Waals surface area contributed by atoms with E-state index in [4.69, 9.17) is 4.74 Å². The summed E-state index contributed by atoms with van der Waals surface area (Å²) in [5, 5.41) is 14.1. The molecular weight excluding hydrogens is 258 g/mol. The minimum atomic E-state index is -0.423. The number of benzene rings is 1. The lowest BCUT2D eigenvalue weighted by molar-refractivity contribution is -0.384. The van der Waals surface area contributed by atoms with Crippen molar-refractivity contribution < 1.29 is 9.66 Å². The molecule has 1 aromatic heterocycles. The maximum absolute atomic E-state index is 11.1. The molecular formula is C14H15N3O3. The summed E-state index contributed by atoms with van der Waals surface area (Å²) in [6.45, 7) is 2.78. The Morgan fingerprint density at radius 3 is 2.90 bits per heavy atom. The van der Waals surface area contributed by atoms with Crippen LogP contribution in [0.2, 0.25) is 0 Å². The summed E-state index contributed by atoms with van der Waals surface area (Å²) in [7, 11) is 0. The third-order valence-corrected chi connectivity index (χ3v) is 2.68. The van der Waals surface area contributed by atoms with Crippen LogP contribution in [0.25, 0.3) is 0 Å². The van der Waals surface area contributed by atoms with Crippen LogP contribution in [0, 0.1) is 10.1 Å². The van der Waals surface area contributed by atoms with Gasteiger partial charge in [0.2, 0.25) is 0 Å². The lowest BCUT2D eigenvalue weighted by Gasteiger charge is -2.09. The van der Waals surface area contributed by atoms with E-state index in [1.54, 1.807) is 24.5 Å². The Labute approximate surface area is 116 Å². The van der Waals surface area contributed by atoms with E-state index in [0.29, 0.717) is 24.6 Å². The highest BCUT2D eigenvalue weighted by molar-refractivity contribution is 5.63. The average Bonchev–Trinajstić information content (AvgIpc) is 2.47. The lowest BCUT2D eigenvalue weighted by Crippen LogP contribution is -2.03. The van der Waals surface area contributed by atoms with Gasteiger partial charge in [0.25, 0.3) is 5.69 Å². The van der Waals surface area contributed by atoms with Crippen LogP contribution in [0.4, 0.5) is 11.4 Å². The number of ether oxygens (including phenoxy) is 1. The van der Waals surface area contributed by atoms with Crippen LogP contribution in [0.15, 0.2) is 42.7 Å². The lowest BCUT2D eigenvalue weighted by atomic mass is 10.2. The molecule has 0 bridgehead atoms. The minimum Gasteiger partial charge on any atom is -0.494 e. The highest BCUT2D eigenvalue weighted by Crippen LogP contribution is 2.29. The number of nitrogens with one attached hydrogen (secondary N) is 1. The molecule has 0 radical (unpaired) electrons. The summed E-state index contributed by atoms with van der Waals surface area (Å²) < 4.78 is 5.27. The molecule has 1 N–H and O–H groups in total. The van der Waals surface area contributed by atoms with Crippen molar-refractivity contribution in [3.63, 3.8) is 0 Å². The van der Waals surface area contributed by atoms with Crippen molar-refractivity contribution in [2.75, 3.05) is 11.9 Å². The van der Waals surface area contributed by atoms with Gasteiger partial charge in [-0.05, 0) is 30.7 Å². The van der Waals surface area contributed by atoms with E-state index in [9.17, 15) is 10.1 Å². The first-order valence-electron chi connectivity index (χ1n) is 6.24. The zero-order chi connectivity index (χ0) is 14.4. The fraction of sp³-hybridized carbons (Fsp3) is 0.214. The smallest absolute Gasteiger partial charge is 0.296 e. The van der Waals surface area contributed by atoms with Crippen LogP contribution in [0.5, 0.6) is 5.75 Å². The normalized spacial score (nSPS) is 10.1. The molecule has 2 aromatic rings. The molecule has 0 aliphatic carbocycles. The van der Waals surface area contributed by atoms with Gasteiger partial charge < -0.3 is 10.1 Å². The van der Waals surface area contributed by atoms with E-state index in [1.807, 2.05) is 19.1 Å². The molecule has 0 amide bonds. The van der Waals surface area contributed by atoms with E-state index < -0.39 is 4.92 Å². The number of aromatic nitrogens is 1. The topological polar surface area (TPSA) is 77.3 Å². The van der Waals surface area contributed by atoms with Gasteiger partial charge in [-0.3, -0.25) is 15.1 Å². The average molecular weight is 273 g/mol. The molecule has 20 heavy (non-hydrogen) atoms. The summed E-state index contributed by atoms with van der Waals surface area (Å²) in [4.78, 5) is 14.7. The van der Waals surface area contributed by atoms with Gasteiger partial charge >= 0.3 is 0 Å². The summed E-state index contributed by atoms with van der Waals surface area (Å²) in [5.41, 5.74) is 1.41. The van der Waals surface area contributed by atoms with Crippen molar-refractivity contribution in [3.05, 3.63) is 58.4 Å². The second kappa shape index (κ2) is 6.51. The quantitative estimate of drug-likeness (QED) is 0.646. The fourth-order valence-electron chi connectivity index (χ4n) is 1.77. The van der Waals surface area contributed by atoms with Gasteiger partial charge in [-0.1, -0.05) is 6.07 Å². The molecule has 0 aliphatic rings. The number of nitro benzene ring substituents is 1. The Bertz CT molecular complexity index is 587. The molecule has 2 rings (SSSR count). The molecule has 0 spiro atoms. The Balaban J connectivity index is 2.16. The number of nitro groups is 1. The monoisotopic (exact) mass is 273 g/mol. The molecule has 1 heterocycles. The number of pyridine rings is 1. The summed E-state index contributed by atoms with van der Waals surface area (Å²) >= 11 is 0. The third-order valence-electron chi connectivity index (χ3n) is 2.68. The highest BCUT2D eigenvalue weighted by Gasteiger charge is 2.14. The first kappa shape index (κ1) is 13.8. The van der Waals surface area contributed by atoms with E-state index in [1.165, 1.54) is 6.07 Å². The molecule has 0 unspecified atom stereocenters. The predicted molar refractivity (Wildman–Crippen MR) is 75.8 cm³/mol. The summed E-state index contributed by atoms with van der Waals surface area (Å²) in [5.74, 6) is 0.492. The number of anilines is 1. The number of hydrogen-bond acceptors (Lipinski definition) is 5. The maximum atomic E-state index is 11.1. The van der Waals surface area contributed by atoms with Crippen molar-refractivity contribution >= 4 is 11.4 Å². The van der Waals surface area contributed by atoms with Gasteiger partial charge in [-0.25, -0.2) is 0 Å². The van der Waals surface area contributed by atoms with Gasteiger partial charge in [0.15, 0.2) is 0 Å². The maximum Gasteiger partial charge on any atom is 0.296 e. The molecule has 0 atom stereocenters. The van der Waals surface area contributed by atoms with E-state index >= 15 is 0 Å². The Kier molecular flexibility index (Phi) is 4.49. The number of rotatable bonds is 6. The van der Waals surface area contributed by atoms with Crippen molar-refractivity contribution in [3.8, 4) is 5.75 Å². The van der Waals surface area contributed by atoms with Crippen LogP contribution >= 0.6 is 0 Å². The van der Waals surface area contributed by atoms with Gasteiger partial charge in [-0.15, -0.1) is 0 Å². The third kappa shape index (κ3) is 3.44. The van der Waals surface area contributed by atoms with E-state index in [-0.39, 0.29) is 5.69 Å². The summed E-state index contributed by atoms with van der Waals surface area (Å²) in [6.07, 6.45) is 3.40. The molecule has 6 heteroatoms. The molecule has 1 aromatic carbocycles. The van der Waals surface area contributed by atoms with E-state index in [2.05, 4.69) is 10.3 Å². The van der Waals surface area contributed by atoms with Crippen molar-refractivity contribution in [2.24, 2.45) is 0 Å². The Morgan fingerprint density at radius 2 is 2.25 bits per heavy atom. The second-order valence-corrected chi connectivity index (χ2v) is 4.08. The van der Waals surface area contributed by atoms with Crippen LogP contribution in [-0.2, 0) is 6.54 Å². The van der Waals surface area contributed by atoms with Crippen LogP contribution in [0.3, 0.4) is 0 Å². The van der Waals surface area contributed by atoms with E-state index in [0.717, 1.165) is 5.56 Å². The van der Waals surface area contributed by atoms with Crippen molar-refractivity contribution in [1.82, 2.24) is 4.98 Å². The van der Waals surface area contributed by atoms with Crippen LogP contribution in [0.1, 0.15) is 12.5 Å². The molecule has 0 fully saturated rings. The van der Waals surface area contributed by atoms with Gasteiger partial charge in [-0.2, -0.15) is 0 Å². The SMILES string of the molecule is CCOc1ccc(NCc2cccnc2)c([N+](=O)[O-])c1. The highest BCUT2D eigenvalue weighted by atomic mass is 16.6. The largest absolute Gasteiger partial charge is 0.494 e. The van der Waals surface area contributed by atoms with Crippen molar-refractivity contribution in [2.45, 2.75) is 13.5 Å². The number of nitrogens with zero attached hydrogens (tertiary/aromatic N) is 2. The molecule has 104 valence electrons. The zero-order valence-electron chi connectivity index (χ0n) is 11.1. The van der Waals surface area contributed by atoms with Crippen LogP contribution in [-0.4, -0.2) is 16.5 Å². The number of hydrogen-bond donors (Lipinski definition) is 1. The predicted octanol–water partition coefficient (Wildman–Crippen LogP) is 3.00. The first-order valence-corrected chi connectivity index (χ1v) is 6.24. The van der Waals surface area contributed by atoms with Gasteiger partial charge in [0.1, 0.15) is 11.4 Å².